The van der Waals surface area contributed by atoms with Crippen LogP contribution >= 0.6 is 11.8 Å². The SMILES string of the molecule is O=C(CN1C(=O)S/C(=C\c2ccc(Oc3ccc([N+](=O)[O-])cn3)cc2)C1=O)N1CCN(c2ccccc2)CC1. The third kappa shape index (κ3) is 6.07. The van der Waals surface area contributed by atoms with Crippen LogP contribution in [-0.4, -0.2) is 69.5 Å². The topological polar surface area (TPSA) is 126 Å². The Morgan fingerprint density at radius 3 is 2.36 bits per heavy atom. The number of anilines is 1. The summed E-state index contributed by atoms with van der Waals surface area (Å²) in [5, 5.41) is 10.3. The molecule has 0 atom stereocenters. The molecule has 1 aromatic heterocycles. The lowest BCUT2D eigenvalue weighted by Gasteiger charge is -2.36. The van der Waals surface area contributed by atoms with Gasteiger partial charge in [0.1, 0.15) is 18.5 Å². The molecule has 2 aliphatic heterocycles. The van der Waals surface area contributed by atoms with Crippen LogP contribution in [0.25, 0.3) is 6.08 Å². The Hall–Kier alpha value is -4.71. The molecular formula is C27H23N5O6S. The highest BCUT2D eigenvalue weighted by Gasteiger charge is 2.37. The van der Waals surface area contributed by atoms with E-state index in [9.17, 15) is 24.5 Å². The van der Waals surface area contributed by atoms with Crippen LogP contribution in [-0.2, 0) is 9.59 Å². The smallest absolute Gasteiger partial charge is 0.294 e. The fourth-order valence-corrected chi connectivity index (χ4v) is 5.01. The van der Waals surface area contributed by atoms with E-state index in [1.54, 1.807) is 35.2 Å². The maximum Gasteiger partial charge on any atom is 0.294 e. The summed E-state index contributed by atoms with van der Waals surface area (Å²) in [6, 6.07) is 19.4. The molecule has 39 heavy (non-hydrogen) atoms. The molecule has 3 heterocycles. The highest BCUT2D eigenvalue weighted by atomic mass is 32.2. The number of pyridine rings is 1. The zero-order valence-electron chi connectivity index (χ0n) is 20.6. The number of nitrogens with zero attached hydrogens (tertiary/aromatic N) is 5. The van der Waals surface area contributed by atoms with Crippen LogP contribution in [0, 0.1) is 10.1 Å². The maximum atomic E-state index is 12.9. The first-order valence-corrected chi connectivity index (χ1v) is 12.9. The summed E-state index contributed by atoms with van der Waals surface area (Å²) >= 11 is 0.797. The lowest BCUT2D eigenvalue weighted by Crippen LogP contribution is -2.51. The first-order valence-electron chi connectivity index (χ1n) is 12.1. The van der Waals surface area contributed by atoms with Gasteiger partial charge in [0.05, 0.1) is 9.83 Å². The zero-order valence-corrected chi connectivity index (χ0v) is 21.5. The van der Waals surface area contributed by atoms with E-state index < -0.39 is 16.1 Å². The monoisotopic (exact) mass is 545 g/mol. The summed E-state index contributed by atoms with van der Waals surface area (Å²) in [6.45, 7) is 2.10. The average molecular weight is 546 g/mol. The minimum Gasteiger partial charge on any atom is -0.439 e. The molecule has 3 amide bonds. The third-order valence-electron chi connectivity index (χ3n) is 6.25. The second-order valence-corrected chi connectivity index (χ2v) is 9.75. The Balaban J connectivity index is 1.16. The lowest BCUT2D eigenvalue weighted by molar-refractivity contribution is -0.385. The van der Waals surface area contributed by atoms with Gasteiger partial charge in [0.25, 0.3) is 16.8 Å². The number of amides is 3. The number of hydrogen-bond donors (Lipinski definition) is 0. The molecular weight excluding hydrogens is 522 g/mol. The van der Waals surface area contributed by atoms with E-state index in [0.29, 0.717) is 37.5 Å². The van der Waals surface area contributed by atoms with Crippen molar-refractivity contribution in [3.63, 3.8) is 0 Å². The largest absolute Gasteiger partial charge is 0.439 e. The number of rotatable bonds is 7. The van der Waals surface area contributed by atoms with Gasteiger partial charge in [0.2, 0.25) is 11.8 Å². The Morgan fingerprint density at radius 2 is 1.72 bits per heavy atom. The van der Waals surface area contributed by atoms with Crippen molar-refractivity contribution in [2.45, 2.75) is 0 Å². The van der Waals surface area contributed by atoms with E-state index in [2.05, 4.69) is 9.88 Å². The summed E-state index contributed by atoms with van der Waals surface area (Å²) in [4.78, 5) is 57.5. The molecule has 2 fully saturated rings. The first kappa shape index (κ1) is 25.9. The predicted molar refractivity (Wildman–Crippen MR) is 145 cm³/mol. The van der Waals surface area contributed by atoms with Crippen molar-refractivity contribution in [2.75, 3.05) is 37.6 Å². The molecule has 12 heteroatoms. The molecule has 2 aliphatic rings. The Labute approximate surface area is 227 Å². The summed E-state index contributed by atoms with van der Waals surface area (Å²) in [5.74, 6) is -0.121. The molecule has 0 aliphatic carbocycles. The molecule has 0 radical (unpaired) electrons. The number of ether oxygens (including phenoxy) is 1. The minimum atomic E-state index is -0.545. The summed E-state index contributed by atoms with van der Waals surface area (Å²) in [6.07, 6.45) is 2.69. The van der Waals surface area contributed by atoms with E-state index in [1.807, 2.05) is 30.3 Å². The minimum absolute atomic E-state index is 0.140. The zero-order chi connectivity index (χ0) is 27.4. The lowest BCUT2D eigenvalue weighted by atomic mass is 10.2. The fraction of sp³-hybridized carbons (Fsp3) is 0.185. The first-order chi connectivity index (χ1) is 18.9. The molecule has 198 valence electrons. The number of thioether (sulfide) groups is 1. The summed E-state index contributed by atoms with van der Waals surface area (Å²) < 4.78 is 5.59. The normalized spacial score (nSPS) is 16.6. The van der Waals surface area contributed by atoms with E-state index in [4.69, 9.17) is 4.74 Å². The highest BCUT2D eigenvalue weighted by Crippen LogP contribution is 2.33. The Bertz CT molecular complexity index is 1420. The number of benzene rings is 2. The molecule has 0 unspecified atom stereocenters. The molecule has 0 N–H and O–H groups in total. The van der Waals surface area contributed by atoms with Crippen LogP contribution in [0.4, 0.5) is 16.2 Å². The standard InChI is InChI=1S/C27H23N5O6S/c33-25(30-14-12-29(13-15-30)20-4-2-1-3-5-20)18-31-26(34)23(39-27(31)35)16-19-6-9-22(10-7-19)38-24-11-8-21(17-28-24)32(36)37/h1-11,16-17H,12-15,18H2/b23-16-. The number of carbonyl (C=O) groups excluding carboxylic acids is 3. The molecule has 0 spiro atoms. The highest BCUT2D eigenvalue weighted by molar-refractivity contribution is 8.18. The van der Waals surface area contributed by atoms with Crippen LogP contribution < -0.4 is 9.64 Å². The third-order valence-corrected chi connectivity index (χ3v) is 7.16. The Morgan fingerprint density at radius 1 is 1.00 bits per heavy atom. The number of carbonyl (C=O) groups is 3. The van der Waals surface area contributed by atoms with Gasteiger partial charge in [-0.1, -0.05) is 30.3 Å². The van der Waals surface area contributed by atoms with Crippen molar-refractivity contribution < 1.29 is 24.0 Å². The second-order valence-electron chi connectivity index (χ2n) is 8.75. The van der Waals surface area contributed by atoms with Gasteiger partial charge in [-0.15, -0.1) is 0 Å². The van der Waals surface area contributed by atoms with Gasteiger partial charge in [-0.05, 0) is 47.7 Å². The van der Waals surface area contributed by atoms with Crippen molar-refractivity contribution in [1.82, 2.24) is 14.8 Å². The summed E-state index contributed by atoms with van der Waals surface area (Å²) in [5.41, 5.74) is 1.62. The molecule has 2 saturated heterocycles. The number of nitro groups is 1. The van der Waals surface area contributed by atoms with Gasteiger partial charge >= 0.3 is 0 Å². The Kier molecular flexibility index (Phi) is 7.55. The van der Waals surface area contributed by atoms with Crippen LogP contribution in [0.15, 0.2) is 77.8 Å². The predicted octanol–water partition coefficient (Wildman–Crippen LogP) is 4.17. The van der Waals surface area contributed by atoms with Crippen molar-refractivity contribution in [1.29, 1.82) is 0 Å². The van der Waals surface area contributed by atoms with Crippen molar-refractivity contribution in [3.8, 4) is 11.6 Å². The average Bonchev–Trinajstić information content (AvgIpc) is 3.22. The van der Waals surface area contributed by atoms with Gasteiger partial charge in [0.15, 0.2) is 0 Å². The number of hydrogen-bond acceptors (Lipinski definition) is 9. The van der Waals surface area contributed by atoms with Crippen LogP contribution in [0.3, 0.4) is 0 Å². The quantitative estimate of drug-likeness (QED) is 0.244. The van der Waals surface area contributed by atoms with E-state index in [0.717, 1.165) is 28.5 Å². The van der Waals surface area contributed by atoms with Crippen molar-refractivity contribution >= 4 is 46.3 Å². The van der Waals surface area contributed by atoms with Crippen LogP contribution in [0.2, 0.25) is 0 Å². The molecule has 3 aromatic rings. The second kappa shape index (κ2) is 11.4. The van der Waals surface area contributed by atoms with Crippen LogP contribution in [0.5, 0.6) is 11.6 Å². The van der Waals surface area contributed by atoms with E-state index in [-0.39, 0.29) is 28.9 Å². The van der Waals surface area contributed by atoms with Crippen molar-refractivity contribution in [2.24, 2.45) is 0 Å². The van der Waals surface area contributed by atoms with Gasteiger partial charge in [-0.3, -0.25) is 29.4 Å². The molecule has 11 nitrogen and oxygen atoms in total. The van der Waals surface area contributed by atoms with Gasteiger partial charge < -0.3 is 14.5 Å². The van der Waals surface area contributed by atoms with Gasteiger partial charge in [0, 0.05) is 44.0 Å². The molecule has 5 rings (SSSR count). The molecule has 2 aromatic carbocycles. The van der Waals surface area contributed by atoms with Gasteiger partial charge in [-0.25, -0.2) is 4.98 Å². The maximum absolute atomic E-state index is 12.9. The number of imide groups is 1. The van der Waals surface area contributed by atoms with E-state index >= 15 is 0 Å². The van der Waals surface area contributed by atoms with Crippen LogP contribution in [0.1, 0.15) is 5.56 Å². The molecule has 0 saturated carbocycles. The number of aromatic nitrogens is 1. The molecule has 0 bridgehead atoms. The van der Waals surface area contributed by atoms with Crippen molar-refractivity contribution in [3.05, 3.63) is 93.5 Å². The van der Waals surface area contributed by atoms with E-state index in [1.165, 1.54) is 12.1 Å². The summed E-state index contributed by atoms with van der Waals surface area (Å²) in [7, 11) is 0. The fourth-order valence-electron chi connectivity index (χ4n) is 4.17. The van der Waals surface area contributed by atoms with Gasteiger partial charge in [-0.2, -0.15) is 0 Å². The number of piperazine rings is 1. The number of para-hydroxylation sites is 1.